The number of imidazole rings is 1. The zero-order valence-corrected chi connectivity index (χ0v) is 9.34. The molecule has 4 heteroatoms. The molecule has 0 amide bonds. The van der Waals surface area contributed by atoms with Crippen LogP contribution in [0.15, 0.2) is 48.9 Å². The lowest BCUT2D eigenvalue weighted by Gasteiger charge is -1.97. The Hall–Kier alpha value is -2.23. The van der Waals surface area contributed by atoms with Crippen LogP contribution in [0.2, 0.25) is 0 Å². The Labute approximate surface area is 97.8 Å². The maximum absolute atomic E-state index is 12.9. The van der Waals surface area contributed by atoms with Crippen molar-refractivity contribution in [2.45, 2.75) is 0 Å². The van der Waals surface area contributed by atoms with E-state index in [1.165, 1.54) is 12.1 Å². The topological polar surface area (TPSA) is 21.9 Å². The molecule has 0 spiro atoms. The third-order valence-corrected chi connectivity index (χ3v) is 2.82. The van der Waals surface area contributed by atoms with Gasteiger partial charge in [0.05, 0.1) is 13.2 Å². The molecule has 0 aliphatic heterocycles. The molecular weight excluding hydrogens is 217 g/mol. The van der Waals surface area contributed by atoms with Crippen LogP contribution in [0.4, 0.5) is 4.39 Å². The van der Waals surface area contributed by atoms with Gasteiger partial charge in [0.25, 0.3) is 0 Å². The van der Waals surface area contributed by atoms with Crippen molar-refractivity contribution in [3.05, 3.63) is 54.7 Å². The van der Waals surface area contributed by atoms with Crippen LogP contribution in [-0.4, -0.2) is 9.55 Å². The lowest BCUT2D eigenvalue weighted by atomic mass is 10.2. The number of aromatic nitrogens is 3. The lowest BCUT2D eigenvalue weighted by molar-refractivity contribution is -0.513. The Morgan fingerprint density at radius 3 is 2.71 bits per heavy atom. The fourth-order valence-corrected chi connectivity index (χ4v) is 1.95. The molecule has 0 fully saturated rings. The summed E-state index contributed by atoms with van der Waals surface area (Å²) in [5.41, 5.74) is 1.98. The van der Waals surface area contributed by atoms with Crippen molar-refractivity contribution in [2.24, 2.45) is 7.05 Å². The number of halogens is 1. The molecule has 2 aromatic heterocycles. The molecule has 0 atom stereocenters. The maximum Gasteiger partial charge on any atom is 0.403 e. The van der Waals surface area contributed by atoms with E-state index < -0.39 is 0 Å². The molecule has 0 aliphatic rings. The summed E-state index contributed by atoms with van der Waals surface area (Å²) in [6.07, 6.45) is 5.68. The number of hydrogen-bond acceptors (Lipinski definition) is 1. The first-order valence-electron chi connectivity index (χ1n) is 5.33. The van der Waals surface area contributed by atoms with Gasteiger partial charge in [0.1, 0.15) is 23.9 Å². The highest BCUT2D eigenvalue weighted by atomic mass is 19.1. The second kappa shape index (κ2) is 3.66. The van der Waals surface area contributed by atoms with Crippen molar-refractivity contribution in [2.75, 3.05) is 0 Å². The number of nitrogens with zero attached hydrogens (tertiary/aromatic N) is 3. The van der Waals surface area contributed by atoms with Crippen molar-refractivity contribution >= 4 is 5.78 Å². The quantitative estimate of drug-likeness (QED) is 0.584. The molecule has 1 aromatic carbocycles. The number of benzene rings is 1. The van der Waals surface area contributed by atoms with E-state index in [9.17, 15) is 4.39 Å². The first-order valence-corrected chi connectivity index (χ1v) is 5.33. The highest BCUT2D eigenvalue weighted by molar-refractivity contribution is 5.60. The number of hydrogen-bond donors (Lipinski definition) is 0. The Balaban J connectivity index is 2.24. The smallest absolute Gasteiger partial charge is 0.227 e. The Morgan fingerprint density at radius 2 is 2.00 bits per heavy atom. The standard InChI is InChI=1S/C13H11FN3/c1-16-12(10-3-5-11(14)6-4-10)9-17-8-2-7-15-13(16)17/h2-9H,1H3/q+1. The molecule has 0 radical (unpaired) electrons. The van der Waals surface area contributed by atoms with E-state index in [-0.39, 0.29) is 5.82 Å². The molecule has 3 nitrogen and oxygen atoms in total. The van der Waals surface area contributed by atoms with Gasteiger partial charge in [-0.1, -0.05) is 4.98 Å². The Bertz CT molecular complexity index is 671. The van der Waals surface area contributed by atoms with E-state index in [0.717, 1.165) is 17.0 Å². The minimum Gasteiger partial charge on any atom is -0.227 e. The monoisotopic (exact) mass is 228 g/mol. The third kappa shape index (κ3) is 1.58. The van der Waals surface area contributed by atoms with Gasteiger partial charge in [-0.15, -0.1) is 0 Å². The molecule has 0 N–H and O–H groups in total. The summed E-state index contributed by atoms with van der Waals surface area (Å²) in [5.74, 6) is 0.630. The molecule has 0 bridgehead atoms. The highest BCUT2D eigenvalue weighted by Gasteiger charge is 2.15. The number of fused-ring (bicyclic) bond motifs is 1. The van der Waals surface area contributed by atoms with Crippen LogP contribution in [0.1, 0.15) is 0 Å². The first kappa shape index (κ1) is 9.96. The summed E-state index contributed by atoms with van der Waals surface area (Å²) in [7, 11) is 1.95. The van der Waals surface area contributed by atoms with E-state index in [4.69, 9.17) is 0 Å². The van der Waals surface area contributed by atoms with Crippen LogP contribution in [0.25, 0.3) is 17.0 Å². The van der Waals surface area contributed by atoms with Crippen molar-refractivity contribution in [1.29, 1.82) is 0 Å². The van der Waals surface area contributed by atoms with Gasteiger partial charge < -0.3 is 0 Å². The van der Waals surface area contributed by atoms with E-state index in [0.29, 0.717) is 0 Å². The van der Waals surface area contributed by atoms with E-state index in [1.54, 1.807) is 18.3 Å². The van der Waals surface area contributed by atoms with Gasteiger partial charge in [0, 0.05) is 11.6 Å². The van der Waals surface area contributed by atoms with Crippen LogP contribution in [0.3, 0.4) is 0 Å². The summed E-state index contributed by atoms with van der Waals surface area (Å²) in [6.45, 7) is 0. The second-order valence-corrected chi connectivity index (χ2v) is 3.91. The van der Waals surface area contributed by atoms with Crippen LogP contribution in [0.5, 0.6) is 0 Å². The lowest BCUT2D eigenvalue weighted by Crippen LogP contribution is -2.19. The molecule has 0 saturated heterocycles. The molecule has 0 aliphatic carbocycles. The molecule has 84 valence electrons. The fraction of sp³-hybridized carbons (Fsp3) is 0.0769. The van der Waals surface area contributed by atoms with Crippen LogP contribution in [-0.2, 0) is 7.05 Å². The summed E-state index contributed by atoms with van der Waals surface area (Å²) < 4.78 is 16.8. The van der Waals surface area contributed by atoms with E-state index >= 15 is 0 Å². The molecule has 3 rings (SSSR count). The summed E-state index contributed by atoms with van der Waals surface area (Å²) in [5, 5.41) is 0. The molecule has 3 aromatic rings. The number of rotatable bonds is 1. The summed E-state index contributed by atoms with van der Waals surface area (Å²) in [4.78, 5) is 4.30. The fourth-order valence-electron chi connectivity index (χ4n) is 1.95. The number of aryl methyl sites for hydroxylation is 1. The van der Waals surface area contributed by atoms with Gasteiger partial charge >= 0.3 is 5.78 Å². The van der Waals surface area contributed by atoms with Crippen LogP contribution < -0.4 is 4.40 Å². The van der Waals surface area contributed by atoms with Gasteiger partial charge in [-0.2, -0.15) is 0 Å². The third-order valence-electron chi connectivity index (χ3n) is 2.82. The van der Waals surface area contributed by atoms with Gasteiger partial charge in [-0.25, -0.2) is 13.4 Å². The predicted molar refractivity (Wildman–Crippen MR) is 61.8 cm³/mol. The zero-order chi connectivity index (χ0) is 11.8. The largest absolute Gasteiger partial charge is 0.403 e. The van der Waals surface area contributed by atoms with Crippen LogP contribution in [0, 0.1) is 5.82 Å². The second-order valence-electron chi connectivity index (χ2n) is 3.91. The first-order chi connectivity index (χ1) is 8.25. The van der Waals surface area contributed by atoms with E-state index in [2.05, 4.69) is 4.98 Å². The summed E-state index contributed by atoms with van der Waals surface area (Å²) >= 11 is 0. The molecule has 17 heavy (non-hydrogen) atoms. The molecular formula is C13H11FN3+. The van der Waals surface area contributed by atoms with Crippen molar-refractivity contribution in [1.82, 2.24) is 9.55 Å². The van der Waals surface area contributed by atoms with Gasteiger partial charge in [-0.3, -0.25) is 0 Å². The highest BCUT2D eigenvalue weighted by Crippen LogP contribution is 2.18. The van der Waals surface area contributed by atoms with Gasteiger partial charge in [0.15, 0.2) is 0 Å². The van der Waals surface area contributed by atoms with Gasteiger partial charge in [0.2, 0.25) is 0 Å². The minimum atomic E-state index is -0.224. The van der Waals surface area contributed by atoms with Crippen molar-refractivity contribution in [3.63, 3.8) is 0 Å². The Kier molecular flexibility index (Phi) is 2.14. The van der Waals surface area contributed by atoms with Crippen molar-refractivity contribution in [3.8, 4) is 11.3 Å². The summed E-state index contributed by atoms with van der Waals surface area (Å²) in [6, 6.07) is 8.34. The Morgan fingerprint density at radius 1 is 1.24 bits per heavy atom. The predicted octanol–water partition coefficient (Wildman–Crippen LogP) is 1.96. The van der Waals surface area contributed by atoms with Gasteiger partial charge in [-0.05, 0) is 24.3 Å². The van der Waals surface area contributed by atoms with E-state index in [1.807, 2.05) is 34.5 Å². The maximum atomic E-state index is 12.9. The van der Waals surface area contributed by atoms with Crippen LogP contribution >= 0.6 is 0 Å². The SMILES string of the molecule is Cn1c(-c2ccc(F)cc2)c[n+]2cccnc12. The average molecular weight is 228 g/mol. The average Bonchev–Trinajstić information content (AvgIpc) is 2.69. The molecule has 2 heterocycles. The van der Waals surface area contributed by atoms with Crippen molar-refractivity contribution < 1.29 is 8.79 Å². The molecule has 0 saturated carbocycles. The normalized spacial score (nSPS) is 10.9. The molecule has 0 unspecified atom stereocenters. The zero-order valence-electron chi connectivity index (χ0n) is 9.34. The minimum absolute atomic E-state index is 0.224.